The molecular formula is C13H19NO3. The summed E-state index contributed by atoms with van der Waals surface area (Å²) in [5.74, 6) is 0.547. The number of benzene rings is 1. The maximum atomic E-state index is 11.4. The molecule has 17 heavy (non-hydrogen) atoms. The molecule has 0 saturated heterocycles. The Hall–Kier alpha value is -1.55. The summed E-state index contributed by atoms with van der Waals surface area (Å²) in [5.41, 5.74) is 0. The first-order valence-corrected chi connectivity index (χ1v) is 5.81. The summed E-state index contributed by atoms with van der Waals surface area (Å²) in [7, 11) is 0. The van der Waals surface area contributed by atoms with Gasteiger partial charge in [-0.3, -0.25) is 4.79 Å². The highest BCUT2D eigenvalue weighted by Crippen LogP contribution is 2.07. The molecule has 4 nitrogen and oxygen atoms in total. The molecule has 0 heterocycles. The summed E-state index contributed by atoms with van der Waals surface area (Å²) < 4.78 is 5.28. The van der Waals surface area contributed by atoms with Crippen LogP contribution in [0.2, 0.25) is 0 Å². The van der Waals surface area contributed by atoms with Crippen LogP contribution >= 0.6 is 0 Å². The van der Waals surface area contributed by atoms with Crippen LogP contribution in [-0.2, 0) is 4.79 Å². The van der Waals surface area contributed by atoms with Crippen molar-refractivity contribution in [2.75, 3.05) is 13.2 Å². The van der Waals surface area contributed by atoms with Gasteiger partial charge in [0.1, 0.15) is 5.75 Å². The summed E-state index contributed by atoms with van der Waals surface area (Å²) in [4.78, 5) is 11.4. The van der Waals surface area contributed by atoms with Crippen molar-refractivity contribution in [1.82, 2.24) is 5.32 Å². The topological polar surface area (TPSA) is 58.6 Å². The van der Waals surface area contributed by atoms with Crippen LogP contribution in [0.25, 0.3) is 0 Å². The van der Waals surface area contributed by atoms with Gasteiger partial charge < -0.3 is 15.2 Å². The summed E-state index contributed by atoms with van der Waals surface area (Å²) in [5, 5.41) is 11.8. The largest absolute Gasteiger partial charge is 0.484 e. The van der Waals surface area contributed by atoms with Gasteiger partial charge in [-0.1, -0.05) is 18.2 Å². The number of hydrogen-bond donors (Lipinski definition) is 2. The Morgan fingerprint density at radius 3 is 2.76 bits per heavy atom. The Morgan fingerprint density at radius 1 is 1.41 bits per heavy atom. The molecule has 1 amide bonds. The van der Waals surface area contributed by atoms with E-state index in [0.29, 0.717) is 18.7 Å². The van der Waals surface area contributed by atoms with Crippen molar-refractivity contribution in [3.05, 3.63) is 30.3 Å². The van der Waals surface area contributed by atoms with Crippen molar-refractivity contribution in [3.63, 3.8) is 0 Å². The van der Waals surface area contributed by atoms with Gasteiger partial charge in [-0.05, 0) is 31.9 Å². The van der Waals surface area contributed by atoms with E-state index in [1.54, 1.807) is 19.1 Å². The predicted octanol–water partition coefficient (Wildman–Crippen LogP) is 1.34. The van der Waals surface area contributed by atoms with Gasteiger partial charge in [-0.2, -0.15) is 0 Å². The zero-order chi connectivity index (χ0) is 12.5. The lowest BCUT2D eigenvalue weighted by atomic mass is 10.2. The Bertz CT molecular complexity index is 325. The first-order valence-electron chi connectivity index (χ1n) is 5.81. The van der Waals surface area contributed by atoms with E-state index in [4.69, 9.17) is 9.84 Å². The minimum Gasteiger partial charge on any atom is -0.484 e. The number of carbonyl (C=O) groups excluding carboxylic acids is 1. The number of hydrogen-bond acceptors (Lipinski definition) is 3. The molecule has 1 aromatic carbocycles. The van der Waals surface area contributed by atoms with Crippen molar-refractivity contribution in [2.24, 2.45) is 0 Å². The molecule has 0 aromatic heterocycles. The monoisotopic (exact) mass is 237 g/mol. The fraction of sp³-hybridized carbons (Fsp3) is 0.462. The number of aliphatic hydroxyl groups excluding tert-OH is 1. The van der Waals surface area contributed by atoms with Crippen LogP contribution in [0.15, 0.2) is 30.3 Å². The van der Waals surface area contributed by atoms with Crippen molar-refractivity contribution < 1.29 is 14.6 Å². The van der Waals surface area contributed by atoms with Gasteiger partial charge in [-0.25, -0.2) is 0 Å². The van der Waals surface area contributed by atoms with E-state index in [2.05, 4.69) is 5.32 Å². The molecule has 1 rings (SSSR count). The Labute approximate surface area is 102 Å². The SMILES string of the molecule is CC(O)CCCNC(=O)COc1ccccc1. The number of rotatable bonds is 7. The van der Waals surface area contributed by atoms with E-state index in [1.165, 1.54) is 0 Å². The predicted molar refractivity (Wildman–Crippen MR) is 65.9 cm³/mol. The Morgan fingerprint density at radius 2 is 2.12 bits per heavy atom. The molecule has 4 heteroatoms. The highest BCUT2D eigenvalue weighted by molar-refractivity contribution is 5.77. The molecule has 0 aliphatic rings. The number of aliphatic hydroxyl groups is 1. The molecule has 0 radical (unpaired) electrons. The van der Waals surface area contributed by atoms with E-state index < -0.39 is 0 Å². The summed E-state index contributed by atoms with van der Waals surface area (Å²) >= 11 is 0. The van der Waals surface area contributed by atoms with Crippen molar-refractivity contribution in [2.45, 2.75) is 25.9 Å². The minimum atomic E-state index is -0.313. The molecule has 1 aromatic rings. The van der Waals surface area contributed by atoms with Crippen LogP contribution in [0, 0.1) is 0 Å². The minimum absolute atomic E-state index is 0.0265. The van der Waals surface area contributed by atoms with E-state index >= 15 is 0 Å². The van der Waals surface area contributed by atoms with Gasteiger partial charge in [-0.15, -0.1) is 0 Å². The van der Waals surface area contributed by atoms with Crippen LogP contribution in [0.3, 0.4) is 0 Å². The van der Waals surface area contributed by atoms with Crippen LogP contribution in [0.5, 0.6) is 5.75 Å². The highest BCUT2D eigenvalue weighted by atomic mass is 16.5. The molecule has 0 fully saturated rings. The fourth-order valence-electron chi connectivity index (χ4n) is 1.34. The summed E-state index contributed by atoms with van der Waals surface area (Å²) in [6, 6.07) is 9.22. The maximum absolute atomic E-state index is 11.4. The average molecular weight is 237 g/mol. The Kier molecular flexibility index (Phi) is 6.10. The van der Waals surface area contributed by atoms with E-state index in [1.807, 2.05) is 18.2 Å². The third kappa shape index (κ3) is 6.58. The van der Waals surface area contributed by atoms with Gasteiger partial charge in [0.15, 0.2) is 6.61 Å². The second kappa shape index (κ2) is 7.68. The summed E-state index contributed by atoms with van der Waals surface area (Å²) in [6.07, 6.45) is 1.15. The second-order valence-corrected chi connectivity index (χ2v) is 3.94. The third-order valence-corrected chi connectivity index (χ3v) is 2.23. The molecule has 94 valence electrons. The van der Waals surface area contributed by atoms with E-state index in [9.17, 15) is 4.79 Å². The quantitative estimate of drug-likeness (QED) is 0.704. The number of amides is 1. The molecule has 1 unspecified atom stereocenters. The van der Waals surface area contributed by atoms with Gasteiger partial charge in [0.25, 0.3) is 5.91 Å². The normalized spacial score (nSPS) is 11.9. The fourth-order valence-corrected chi connectivity index (χ4v) is 1.34. The van der Waals surface area contributed by atoms with Crippen molar-refractivity contribution >= 4 is 5.91 Å². The zero-order valence-electron chi connectivity index (χ0n) is 10.1. The summed E-state index contributed by atoms with van der Waals surface area (Å²) in [6.45, 7) is 2.33. The molecule has 1 atom stereocenters. The van der Waals surface area contributed by atoms with Gasteiger partial charge in [0.2, 0.25) is 0 Å². The maximum Gasteiger partial charge on any atom is 0.257 e. The third-order valence-electron chi connectivity index (χ3n) is 2.23. The molecule has 0 saturated carbocycles. The smallest absolute Gasteiger partial charge is 0.257 e. The number of nitrogens with one attached hydrogen (secondary N) is 1. The van der Waals surface area contributed by atoms with Crippen LogP contribution in [0.1, 0.15) is 19.8 Å². The standard InChI is InChI=1S/C13H19NO3/c1-11(15)6-5-9-14-13(16)10-17-12-7-3-2-4-8-12/h2-4,7-8,11,15H,5-6,9-10H2,1H3,(H,14,16). The average Bonchev–Trinajstić information content (AvgIpc) is 2.33. The van der Waals surface area contributed by atoms with Crippen LogP contribution < -0.4 is 10.1 Å². The highest BCUT2D eigenvalue weighted by Gasteiger charge is 2.02. The van der Waals surface area contributed by atoms with Crippen LogP contribution in [-0.4, -0.2) is 30.3 Å². The molecular weight excluding hydrogens is 218 g/mol. The lowest BCUT2D eigenvalue weighted by molar-refractivity contribution is -0.123. The van der Waals surface area contributed by atoms with E-state index in [-0.39, 0.29) is 18.6 Å². The molecule has 2 N–H and O–H groups in total. The van der Waals surface area contributed by atoms with E-state index in [0.717, 1.165) is 6.42 Å². The van der Waals surface area contributed by atoms with Crippen molar-refractivity contribution in [1.29, 1.82) is 0 Å². The van der Waals surface area contributed by atoms with Gasteiger partial charge in [0.05, 0.1) is 6.10 Å². The second-order valence-electron chi connectivity index (χ2n) is 3.94. The zero-order valence-corrected chi connectivity index (χ0v) is 10.1. The number of ether oxygens (including phenoxy) is 1. The first kappa shape index (κ1) is 13.5. The first-order chi connectivity index (χ1) is 8.18. The molecule has 0 aliphatic heterocycles. The lowest BCUT2D eigenvalue weighted by Gasteiger charge is -2.08. The lowest BCUT2D eigenvalue weighted by Crippen LogP contribution is -2.30. The van der Waals surface area contributed by atoms with Crippen molar-refractivity contribution in [3.8, 4) is 5.75 Å². The Balaban J connectivity index is 2.09. The molecule has 0 bridgehead atoms. The number of para-hydroxylation sites is 1. The molecule has 0 aliphatic carbocycles. The van der Waals surface area contributed by atoms with Crippen LogP contribution in [0.4, 0.5) is 0 Å². The molecule has 0 spiro atoms. The number of carbonyl (C=O) groups is 1. The van der Waals surface area contributed by atoms with Gasteiger partial charge >= 0.3 is 0 Å². The van der Waals surface area contributed by atoms with Gasteiger partial charge in [0, 0.05) is 6.54 Å².